The molecule has 0 radical (unpaired) electrons. The number of hydrogen-bond acceptors (Lipinski definition) is 3. The molecule has 3 N–H and O–H groups in total. The molecule has 3 amide bonds. The molecule has 0 saturated heterocycles. The summed E-state index contributed by atoms with van der Waals surface area (Å²) >= 11 is 6.00. The molecular weight excluding hydrogens is 330 g/mol. The molecule has 0 unspecified atom stereocenters. The number of benzene rings is 2. The van der Waals surface area contributed by atoms with Crippen LogP contribution in [0.3, 0.4) is 0 Å². The highest BCUT2D eigenvalue weighted by molar-refractivity contribution is 6.33. The van der Waals surface area contributed by atoms with Gasteiger partial charge in [-0.1, -0.05) is 29.8 Å². The normalized spacial score (nSPS) is 11.5. The zero-order valence-corrected chi connectivity index (χ0v) is 14.1. The predicted molar refractivity (Wildman–Crippen MR) is 95.6 cm³/mol. The second-order valence-electron chi connectivity index (χ2n) is 5.01. The van der Waals surface area contributed by atoms with Crippen molar-refractivity contribution in [1.82, 2.24) is 0 Å². The highest BCUT2D eigenvalue weighted by Gasteiger charge is 2.12. The lowest BCUT2D eigenvalue weighted by Crippen LogP contribution is -2.26. The number of carbonyl (C=O) groups excluding carboxylic acids is 2. The Morgan fingerprint density at radius 3 is 2.33 bits per heavy atom. The smallest absolute Gasteiger partial charge is 0.323 e. The van der Waals surface area contributed by atoms with Crippen LogP contribution in [0.1, 0.15) is 6.92 Å². The second-order valence-corrected chi connectivity index (χ2v) is 5.41. The number of ether oxygens (including phenoxy) is 1. The van der Waals surface area contributed by atoms with Gasteiger partial charge in [-0.25, -0.2) is 4.79 Å². The molecule has 0 aliphatic heterocycles. The maximum absolute atomic E-state index is 12.0. The van der Waals surface area contributed by atoms with Crippen LogP contribution in [0, 0.1) is 0 Å². The summed E-state index contributed by atoms with van der Waals surface area (Å²) in [7, 11) is 1.46. The summed E-state index contributed by atoms with van der Waals surface area (Å²) in [5, 5.41) is 8.49. The Morgan fingerprint density at radius 2 is 1.67 bits per heavy atom. The van der Waals surface area contributed by atoms with E-state index in [1.807, 2.05) is 0 Å². The van der Waals surface area contributed by atoms with Crippen LogP contribution in [-0.2, 0) is 9.53 Å². The van der Waals surface area contributed by atoms with Gasteiger partial charge in [-0.15, -0.1) is 0 Å². The number of hydrogen-bond donors (Lipinski definition) is 3. The standard InChI is InChI=1S/C17H18ClN3O3/c1-11(24-2)16(22)19-12-6-5-7-13(10-12)20-17(23)21-15-9-4-3-8-14(15)18/h3-11H,1-2H3,(H,19,22)(H2,20,21,23)/t11-/m0/s1. The summed E-state index contributed by atoms with van der Waals surface area (Å²) < 4.78 is 4.95. The van der Waals surface area contributed by atoms with Gasteiger partial charge in [-0.3, -0.25) is 4.79 Å². The molecule has 6 nitrogen and oxygen atoms in total. The fourth-order valence-electron chi connectivity index (χ4n) is 1.87. The van der Waals surface area contributed by atoms with Gasteiger partial charge in [0.15, 0.2) is 0 Å². The lowest BCUT2D eigenvalue weighted by atomic mass is 10.2. The van der Waals surface area contributed by atoms with Gasteiger partial charge in [0.25, 0.3) is 5.91 Å². The third-order valence-electron chi connectivity index (χ3n) is 3.23. The molecule has 0 aliphatic carbocycles. The van der Waals surface area contributed by atoms with E-state index in [0.29, 0.717) is 22.1 Å². The van der Waals surface area contributed by atoms with Crippen molar-refractivity contribution in [1.29, 1.82) is 0 Å². The van der Waals surface area contributed by atoms with Crippen LogP contribution in [0.2, 0.25) is 5.02 Å². The number of methoxy groups -OCH3 is 1. The van der Waals surface area contributed by atoms with Crippen molar-refractivity contribution in [2.45, 2.75) is 13.0 Å². The first kappa shape index (κ1) is 17.8. The van der Waals surface area contributed by atoms with Crippen LogP contribution in [0.25, 0.3) is 0 Å². The van der Waals surface area contributed by atoms with Crippen molar-refractivity contribution in [2.75, 3.05) is 23.1 Å². The number of urea groups is 1. The Bertz CT molecular complexity index is 737. The van der Waals surface area contributed by atoms with Crippen molar-refractivity contribution < 1.29 is 14.3 Å². The SMILES string of the molecule is CO[C@@H](C)C(=O)Nc1cccc(NC(=O)Nc2ccccc2Cl)c1. The van der Waals surface area contributed by atoms with Crippen molar-refractivity contribution in [3.63, 3.8) is 0 Å². The molecule has 126 valence electrons. The van der Waals surface area contributed by atoms with E-state index in [0.717, 1.165) is 0 Å². The van der Waals surface area contributed by atoms with Gasteiger partial charge < -0.3 is 20.7 Å². The van der Waals surface area contributed by atoms with Gasteiger partial charge in [-0.2, -0.15) is 0 Å². The average molecular weight is 348 g/mol. The number of amides is 3. The Balaban J connectivity index is 2.00. The van der Waals surface area contributed by atoms with Crippen molar-refractivity contribution in [3.05, 3.63) is 53.6 Å². The van der Waals surface area contributed by atoms with Crippen molar-refractivity contribution in [2.24, 2.45) is 0 Å². The van der Waals surface area contributed by atoms with Crippen molar-refractivity contribution in [3.8, 4) is 0 Å². The molecule has 0 fully saturated rings. The van der Waals surface area contributed by atoms with E-state index in [1.165, 1.54) is 7.11 Å². The molecule has 0 aliphatic rings. The Hall–Kier alpha value is -2.57. The molecule has 7 heteroatoms. The van der Waals surface area contributed by atoms with Gasteiger partial charge in [0.2, 0.25) is 0 Å². The Morgan fingerprint density at radius 1 is 1.00 bits per heavy atom. The van der Waals surface area contributed by atoms with Crippen LogP contribution < -0.4 is 16.0 Å². The molecule has 2 aromatic rings. The molecule has 24 heavy (non-hydrogen) atoms. The number of nitrogens with one attached hydrogen (secondary N) is 3. The van der Waals surface area contributed by atoms with E-state index in [9.17, 15) is 9.59 Å². The summed E-state index contributed by atoms with van der Waals surface area (Å²) in [6.45, 7) is 1.65. The van der Waals surface area contributed by atoms with E-state index in [-0.39, 0.29) is 5.91 Å². The molecule has 0 saturated carbocycles. The van der Waals surface area contributed by atoms with Crippen LogP contribution in [0.15, 0.2) is 48.5 Å². The predicted octanol–water partition coefficient (Wildman–Crippen LogP) is 3.96. The molecule has 2 aromatic carbocycles. The molecule has 0 heterocycles. The van der Waals surface area contributed by atoms with Gasteiger partial charge in [0, 0.05) is 18.5 Å². The summed E-state index contributed by atoms with van der Waals surface area (Å²) in [5.41, 5.74) is 1.59. The number of halogens is 1. The van der Waals surface area contributed by atoms with E-state index in [2.05, 4.69) is 16.0 Å². The monoisotopic (exact) mass is 347 g/mol. The molecule has 1 atom stereocenters. The first-order valence-electron chi connectivity index (χ1n) is 7.26. The molecular formula is C17H18ClN3O3. The molecule has 2 rings (SSSR count). The minimum atomic E-state index is -0.565. The number of anilines is 3. The van der Waals surface area contributed by atoms with Crippen LogP contribution >= 0.6 is 11.6 Å². The first-order valence-corrected chi connectivity index (χ1v) is 7.63. The highest BCUT2D eigenvalue weighted by Crippen LogP contribution is 2.21. The number of carbonyl (C=O) groups is 2. The van der Waals surface area contributed by atoms with Crippen LogP contribution in [-0.4, -0.2) is 25.2 Å². The third-order valence-corrected chi connectivity index (χ3v) is 3.56. The van der Waals surface area contributed by atoms with Gasteiger partial charge in [0.05, 0.1) is 10.7 Å². The van der Waals surface area contributed by atoms with Gasteiger partial charge >= 0.3 is 6.03 Å². The minimum absolute atomic E-state index is 0.268. The first-order chi connectivity index (χ1) is 11.5. The largest absolute Gasteiger partial charge is 0.372 e. The maximum atomic E-state index is 12.0. The lowest BCUT2D eigenvalue weighted by Gasteiger charge is -2.12. The van der Waals surface area contributed by atoms with Gasteiger partial charge in [-0.05, 0) is 37.3 Å². The topological polar surface area (TPSA) is 79.5 Å². The number of rotatable bonds is 5. The summed E-state index contributed by atoms with van der Waals surface area (Å²) in [5.74, 6) is -0.268. The lowest BCUT2D eigenvalue weighted by molar-refractivity contribution is -0.124. The van der Waals surface area contributed by atoms with Crippen LogP contribution in [0.5, 0.6) is 0 Å². The average Bonchev–Trinajstić information content (AvgIpc) is 2.56. The van der Waals surface area contributed by atoms with E-state index < -0.39 is 12.1 Å². The van der Waals surface area contributed by atoms with E-state index in [4.69, 9.17) is 16.3 Å². The van der Waals surface area contributed by atoms with E-state index >= 15 is 0 Å². The maximum Gasteiger partial charge on any atom is 0.323 e. The molecule has 0 bridgehead atoms. The highest BCUT2D eigenvalue weighted by atomic mass is 35.5. The molecule has 0 spiro atoms. The zero-order chi connectivity index (χ0) is 17.5. The van der Waals surface area contributed by atoms with Crippen molar-refractivity contribution >= 4 is 40.6 Å². The fourth-order valence-corrected chi connectivity index (χ4v) is 2.06. The number of para-hydroxylation sites is 1. The fraction of sp³-hybridized carbons (Fsp3) is 0.176. The zero-order valence-electron chi connectivity index (χ0n) is 13.3. The minimum Gasteiger partial charge on any atom is -0.372 e. The second kappa shape index (κ2) is 8.33. The third kappa shape index (κ3) is 4.97. The summed E-state index contributed by atoms with van der Waals surface area (Å²) in [4.78, 5) is 23.8. The summed E-state index contributed by atoms with van der Waals surface area (Å²) in [6, 6.07) is 13.3. The Labute approximate surface area is 145 Å². The molecule has 0 aromatic heterocycles. The quantitative estimate of drug-likeness (QED) is 0.766. The van der Waals surface area contributed by atoms with Crippen LogP contribution in [0.4, 0.5) is 21.9 Å². The summed E-state index contributed by atoms with van der Waals surface area (Å²) in [6.07, 6.45) is -0.565. The van der Waals surface area contributed by atoms with E-state index in [1.54, 1.807) is 55.5 Å². The Kier molecular flexibility index (Phi) is 6.17. The van der Waals surface area contributed by atoms with Gasteiger partial charge in [0.1, 0.15) is 6.10 Å².